The van der Waals surface area contributed by atoms with E-state index < -0.39 is 0 Å². The second kappa shape index (κ2) is 6.04. The largest absolute Gasteiger partial charge is 0.490 e. The third-order valence-corrected chi connectivity index (χ3v) is 4.31. The quantitative estimate of drug-likeness (QED) is 0.764. The Balaban J connectivity index is 2.00. The lowest BCUT2D eigenvalue weighted by atomic mass is 9.88. The molecule has 0 aromatic heterocycles. The van der Waals surface area contributed by atoms with Gasteiger partial charge in [-0.25, -0.2) is 0 Å². The van der Waals surface area contributed by atoms with E-state index >= 15 is 0 Å². The topological polar surface area (TPSA) is 18.5 Å². The molecule has 0 amide bonds. The lowest BCUT2D eigenvalue weighted by Gasteiger charge is -2.25. The van der Waals surface area contributed by atoms with Crippen LogP contribution in [0.1, 0.15) is 39.2 Å². The van der Waals surface area contributed by atoms with Gasteiger partial charge in [-0.1, -0.05) is 26.8 Å². The Hall–Kier alpha value is -0.890. The minimum absolute atomic E-state index is 0.146. The molecule has 0 bridgehead atoms. The lowest BCUT2D eigenvalue weighted by Crippen LogP contribution is -2.21. The third-order valence-electron chi connectivity index (χ3n) is 3.44. The highest BCUT2D eigenvalue weighted by atomic mass is 35.5. The van der Waals surface area contributed by atoms with Crippen molar-refractivity contribution < 1.29 is 9.47 Å². The molecular formula is C16H23ClO2. The van der Waals surface area contributed by atoms with Crippen LogP contribution in [0.3, 0.4) is 0 Å². The highest BCUT2D eigenvalue weighted by molar-refractivity contribution is 6.21. The zero-order valence-electron chi connectivity index (χ0n) is 12.0. The molecular weight excluding hydrogens is 260 g/mol. The summed E-state index contributed by atoms with van der Waals surface area (Å²) >= 11 is 6.42. The van der Waals surface area contributed by atoms with Crippen molar-refractivity contribution in [2.24, 2.45) is 5.41 Å². The first kappa shape index (κ1) is 14.5. The number of halogens is 1. The van der Waals surface area contributed by atoms with Gasteiger partial charge in [0.25, 0.3) is 0 Å². The maximum absolute atomic E-state index is 6.42. The predicted molar refractivity (Wildman–Crippen MR) is 79.5 cm³/mol. The predicted octanol–water partition coefficient (Wildman–Crippen LogP) is 4.43. The summed E-state index contributed by atoms with van der Waals surface area (Å²) in [6.45, 7) is 8.01. The number of alkyl halides is 1. The van der Waals surface area contributed by atoms with Crippen LogP contribution in [-0.4, -0.2) is 18.6 Å². The number of aryl methyl sites for hydroxylation is 1. The Morgan fingerprint density at radius 1 is 1.16 bits per heavy atom. The zero-order chi connectivity index (χ0) is 13.9. The Morgan fingerprint density at radius 2 is 1.84 bits per heavy atom. The van der Waals surface area contributed by atoms with E-state index in [1.165, 1.54) is 5.56 Å². The molecule has 3 heteroatoms. The Morgan fingerprint density at radius 3 is 2.53 bits per heavy atom. The van der Waals surface area contributed by atoms with Crippen LogP contribution >= 0.6 is 11.6 Å². The van der Waals surface area contributed by atoms with Gasteiger partial charge in [0.1, 0.15) is 0 Å². The minimum Gasteiger partial charge on any atom is -0.490 e. The van der Waals surface area contributed by atoms with Gasteiger partial charge >= 0.3 is 0 Å². The van der Waals surface area contributed by atoms with Gasteiger partial charge in [-0.15, -0.1) is 11.6 Å². The first-order valence-electron chi connectivity index (χ1n) is 6.99. The monoisotopic (exact) mass is 282 g/mol. The van der Waals surface area contributed by atoms with E-state index in [1.54, 1.807) is 0 Å². The van der Waals surface area contributed by atoms with Crippen LogP contribution in [0, 0.1) is 5.41 Å². The van der Waals surface area contributed by atoms with Crippen LogP contribution in [0.15, 0.2) is 18.2 Å². The third kappa shape index (κ3) is 4.04. The molecule has 0 aliphatic carbocycles. The van der Waals surface area contributed by atoms with Crippen molar-refractivity contribution >= 4 is 11.6 Å². The molecule has 1 aliphatic heterocycles. The van der Waals surface area contributed by atoms with Crippen molar-refractivity contribution in [3.8, 4) is 11.5 Å². The summed E-state index contributed by atoms with van der Waals surface area (Å²) < 4.78 is 11.3. The summed E-state index contributed by atoms with van der Waals surface area (Å²) in [5, 5.41) is 0.184. The molecule has 1 unspecified atom stereocenters. The van der Waals surface area contributed by atoms with Crippen molar-refractivity contribution in [1.29, 1.82) is 0 Å². The van der Waals surface area contributed by atoms with E-state index in [-0.39, 0.29) is 10.8 Å². The average Bonchev–Trinajstić information content (AvgIpc) is 2.59. The van der Waals surface area contributed by atoms with Gasteiger partial charge in [0.15, 0.2) is 11.5 Å². The molecule has 1 aliphatic rings. The molecule has 106 valence electrons. The SMILES string of the molecule is CC(C)(C)C(Cl)CCc1ccc2c(c1)OCCCO2. The van der Waals surface area contributed by atoms with Crippen molar-refractivity contribution in [1.82, 2.24) is 0 Å². The molecule has 0 fully saturated rings. The molecule has 1 heterocycles. The average molecular weight is 283 g/mol. The summed E-state index contributed by atoms with van der Waals surface area (Å²) in [5.74, 6) is 1.73. The number of fused-ring (bicyclic) bond motifs is 1. The molecule has 1 atom stereocenters. The Labute approximate surface area is 121 Å². The van der Waals surface area contributed by atoms with Gasteiger partial charge in [-0.2, -0.15) is 0 Å². The number of benzene rings is 1. The molecule has 1 aromatic rings. The fraction of sp³-hybridized carbons (Fsp3) is 0.625. The smallest absolute Gasteiger partial charge is 0.161 e. The van der Waals surface area contributed by atoms with E-state index in [0.29, 0.717) is 0 Å². The molecule has 0 radical (unpaired) electrons. The van der Waals surface area contributed by atoms with E-state index in [2.05, 4.69) is 32.9 Å². The minimum atomic E-state index is 0.146. The summed E-state index contributed by atoms with van der Waals surface area (Å²) in [6.07, 6.45) is 2.89. The van der Waals surface area contributed by atoms with E-state index in [0.717, 1.165) is 44.0 Å². The maximum Gasteiger partial charge on any atom is 0.161 e. The lowest BCUT2D eigenvalue weighted by molar-refractivity contribution is 0.297. The summed E-state index contributed by atoms with van der Waals surface area (Å²) in [7, 11) is 0. The standard InChI is InChI=1S/C16H23ClO2/c1-16(2,3)15(17)8-6-12-5-7-13-14(11-12)19-10-4-9-18-13/h5,7,11,15H,4,6,8-10H2,1-3H3. The molecule has 1 aromatic carbocycles. The number of hydrogen-bond donors (Lipinski definition) is 0. The molecule has 0 saturated heterocycles. The van der Waals surface area contributed by atoms with Gasteiger partial charge in [-0.05, 0) is 36.0 Å². The first-order chi connectivity index (χ1) is 8.97. The maximum atomic E-state index is 6.42. The summed E-state index contributed by atoms with van der Waals surface area (Å²) in [4.78, 5) is 0. The van der Waals surface area contributed by atoms with Crippen molar-refractivity contribution in [2.75, 3.05) is 13.2 Å². The molecule has 2 nitrogen and oxygen atoms in total. The van der Waals surface area contributed by atoms with E-state index in [1.807, 2.05) is 6.07 Å². The summed E-state index contributed by atoms with van der Waals surface area (Å²) in [6, 6.07) is 6.21. The Kier molecular flexibility index (Phi) is 4.62. The van der Waals surface area contributed by atoms with Crippen LogP contribution < -0.4 is 9.47 Å². The van der Waals surface area contributed by atoms with Gasteiger partial charge in [0.2, 0.25) is 0 Å². The van der Waals surface area contributed by atoms with Gasteiger partial charge < -0.3 is 9.47 Å². The van der Waals surface area contributed by atoms with E-state index in [4.69, 9.17) is 21.1 Å². The summed E-state index contributed by atoms with van der Waals surface area (Å²) in [5.41, 5.74) is 1.41. The van der Waals surface area contributed by atoms with Crippen LogP contribution in [0.4, 0.5) is 0 Å². The second-order valence-electron chi connectivity index (χ2n) is 6.20. The van der Waals surface area contributed by atoms with Crippen LogP contribution in [0.2, 0.25) is 0 Å². The second-order valence-corrected chi connectivity index (χ2v) is 6.73. The molecule has 0 saturated carbocycles. The highest BCUT2D eigenvalue weighted by Gasteiger charge is 2.22. The van der Waals surface area contributed by atoms with Crippen molar-refractivity contribution in [2.45, 2.75) is 45.4 Å². The molecule has 2 rings (SSSR count). The molecule has 0 N–H and O–H groups in total. The van der Waals surface area contributed by atoms with Gasteiger partial charge in [0, 0.05) is 11.8 Å². The number of ether oxygens (including phenoxy) is 2. The number of hydrogen-bond acceptors (Lipinski definition) is 2. The van der Waals surface area contributed by atoms with Crippen LogP contribution in [-0.2, 0) is 6.42 Å². The fourth-order valence-electron chi connectivity index (χ4n) is 2.09. The van der Waals surface area contributed by atoms with Crippen molar-refractivity contribution in [3.63, 3.8) is 0 Å². The van der Waals surface area contributed by atoms with Gasteiger partial charge in [0.05, 0.1) is 13.2 Å². The molecule has 0 spiro atoms. The first-order valence-corrected chi connectivity index (χ1v) is 7.43. The molecule has 19 heavy (non-hydrogen) atoms. The Bertz CT molecular complexity index is 423. The van der Waals surface area contributed by atoms with Gasteiger partial charge in [-0.3, -0.25) is 0 Å². The normalized spacial score (nSPS) is 16.8. The zero-order valence-corrected chi connectivity index (χ0v) is 12.8. The number of rotatable bonds is 3. The van der Waals surface area contributed by atoms with Crippen molar-refractivity contribution in [3.05, 3.63) is 23.8 Å². The van der Waals surface area contributed by atoms with E-state index in [9.17, 15) is 0 Å². The van der Waals surface area contributed by atoms with Crippen LogP contribution in [0.25, 0.3) is 0 Å². The highest BCUT2D eigenvalue weighted by Crippen LogP contribution is 2.32. The fourth-order valence-corrected chi connectivity index (χ4v) is 2.20. The van der Waals surface area contributed by atoms with Crippen LogP contribution in [0.5, 0.6) is 11.5 Å².